The van der Waals surface area contributed by atoms with Crippen LogP contribution in [0.25, 0.3) is 0 Å². The molecule has 2 aromatic rings. The van der Waals surface area contributed by atoms with Gasteiger partial charge < -0.3 is 4.74 Å². The van der Waals surface area contributed by atoms with E-state index in [4.69, 9.17) is 4.74 Å². The summed E-state index contributed by atoms with van der Waals surface area (Å²) in [5.41, 5.74) is 0.888. The number of benzene rings is 2. The molecule has 5 nitrogen and oxygen atoms in total. The molecular weight excluding hydrogens is 333 g/mol. The van der Waals surface area contributed by atoms with Crippen molar-refractivity contribution < 1.29 is 22.3 Å². The van der Waals surface area contributed by atoms with Crippen LogP contribution in [0.15, 0.2) is 53.4 Å². The van der Waals surface area contributed by atoms with Gasteiger partial charge in [-0.1, -0.05) is 18.2 Å². The molecule has 126 valence electrons. The number of amides is 1. The molecule has 2 atom stereocenters. The number of para-hydroxylation sites is 1. The van der Waals surface area contributed by atoms with E-state index in [1.165, 1.54) is 0 Å². The lowest BCUT2D eigenvalue weighted by Gasteiger charge is -2.09. The molecule has 7 heteroatoms. The number of hydrogen-bond acceptors (Lipinski definition) is 4. The highest BCUT2D eigenvalue weighted by molar-refractivity contribution is 7.90. The van der Waals surface area contributed by atoms with Crippen molar-refractivity contribution in [1.29, 1.82) is 0 Å². The zero-order valence-electron chi connectivity index (χ0n) is 12.9. The first kappa shape index (κ1) is 16.4. The first-order valence-corrected chi connectivity index (χ1v) is 8.86. The van der Waals surface area contributed by atoms with E-state index < -0.39 is 27.7 Å². The van der Waals surface area contributed by atoms with Gasteiger partial charge in [-0.15, -0.1) is 0 Å². The molecule has 1 aliphatic rings. The van der Waals surface area contributed by atoms with Crippen LogP contribution in [0.2, 0.25) is 0 Å². The van der Waals surface area contributed by atoms with Gasteiger partial charge in [-0.25, -0.2) is 17.5 Å². The summed E-state index contributed by atoms with van der Waals surface area (Å²) in [6.45, 7) is 0. The van der Waals surface area contributed by atoms with Crippen molar-refractivity contribution in [3.63, 3.8) is 0 Å². The fourth-order valence-electron chi connectivity index (χ4n) is 2.68. The fraction of sp³-hybridized carbons (Fsp3) is 0.235. The summed E-state index contributed by atoms with van der Waals surface area (Å²) < 4.78 is 44.6. The largest absolute Gasteiger partial charge is 0.496 e. The average molecular weight is 349 g/mol. The van der Waals surface area contributed by atoms with Gasteiger partial charge in [0.25, 0.3) is 10.0 Å². The molecule has 0 aliphatic heterocycles. The van der Waals surface area contributed by atoms with Crippen molar-refractivity contribution >= 4 is 15.9 Å². The van der Waals surface area contributed by atoms with Gasteiger partial charge in [0.1, 0.15) is 11.6 Å². The molecule has 1 fully saturated rings. The fourth-order valence-corrected chi connectivity index (χ4v) is 3.71. The highest BCUT2D eigenvalue weighted by Gasteiger charge is 2.46. The first-order valence-electron chi connectivity index (χ1n) is 7.37. The van der Waals surface area contributed by atoms with Crippen LogP contribution in [0.5, 0.6) is 5.75 Å². The second-order valence-corrected chi connectivity index (χ2v) is 7.30. The lowest BCUT2D eigenvalue weighted by Crippen LogP contribution is -2.32. The van der Waals surface area contributed by atoms with Crippen LogP contribution in [-0.2, 0) is 14.8 Å². The number of hydrogen-bond donors (Lipinski definition) is 1. The van der Waals surface area contributed by atoms with Crippen molar-refractivity contribution in [1.82, 2.24) is 4.72 Å². The van der Waals surface area contributed by atoms with E-state index in [1.807, 2.05) is 18.2 Å². The minimum Gasteiger partial charge on any atom is -0.496 e. The van der Waals surface area contributed by atoms with Gasteiger partial charge in [0.2, 0.25) is 5.91 Å². The highest BCUT2D eigenvalue weighted by Crippen LogP contribution is 2.50. The van der Waals surface area contributed by atoms with Gasteiger partial charge in [-0.3, -0.25) is 4.79 Å². The smallest absolute Gasteiger partial charge is 0.264 e. The summed E-state index contributed by atoms with van der Waals surface area (Å²) >= 11 is 0. The number of sulfonamides is 1. The maximum atomic E-state index is 12.9. The third kappa shape index (κ3) is 3.26. The Kier molecular flexibility index (Phi) is 4.28. The van der Waals surface area contributed by atoms with E-state index in [0.717, 1.165) is 29.8 Å². The Morgan fingerprint density at radius 1 is 1.17 bits per heavy atom. The van der Waals surface area contributed by atoms with E-state index in [0.29, 0.717) is 12.2 Å². The zero-order valence-corrected chi connectivity index (χ0v) is 13.7. The molecule has 3 rings (SSSR count). The van der Waals surface area contributed by atoms with Crippen LogP contribution < -0.4 is 9.46 Å². The van der Waals surface area contributed by atoms with Crippen molar-refractivity contribution in [2.75, 3.05) is 7.11 Å². The number of carbonyl (C=O) groups excluding carboxylic acids is 1. The molecule has 1 amide bonds. The molecule has 0 saturated heterocycles. The Morgan fingerprint density at radius 2 is 1.83 bits per heavy atom. The Morgan fingerprint density at radius 3 is 2.50 bits per heavy atom. The minimum absolute atomic E-state index is 0.0652. The summed E-state index contributed by atoms with van der Waals surface area (Å²) in [4.78, 5) is 12.1. The summed E-state index contributed by atoms with van der Waals surface area (Å²) in [5.74, 6) is -0.908. The number of ether oxygens (including phenoxy) is 1. The second kappa shape index (κ2) is 6.24. The molecule has 0 heterocycles. The summed E-state index contributed by atoms with van der Waals surface area (Å²) in [6, 6.07) is 11.7. The molecule has 0 unspecified atom stereocenters. The number of carbonyl (C=O) groups is 1. The normalized spacial score (nSPS) is 19.6. The zero-order chi connectivity index (χ0) is 17.3. The Balaban J connectivity index is 1.71. The van der Waals surface area contributed by atoms with Gasteiger partial charge >= 0.3 is 0 Å². The summed E-state index contributed by atoms with van der Waals surface area (Å²) in [6.07, 6.45) is 0.561. The van der Waals surface area contributed by atoms with Crippen LogP contribution >= 0.6 is 0 Å². The minimum atomic E-state index is -4.00. The van der Waals surface area contributed by atoms with Crippen molar-refractivity contribution in [2.24, 2.45) is 5.92 Å². The standard InChI is InChI=1S/C17H16FNO4S/c1-23-16-5-3-2-4-13(16)14-10-15(14)17(20)19-24(21,22)12-8-6-11(18)7-9-12/h2-9,14-15H,10H2,1H3,(H,19,20)/t14-,15-/m1/s1. The molecular formula is C17H16FNO4S. The first-order chi connectivity index (χ1) is 11.4. The highest BCUT2D eigenvalue weighted by atomic mass is 32.2. The Labute approximate surface area is 139 Å². The van der Waals surface area contributed by atoms with E-state index in [2.05, 4.69) is 4.72 Å². The van der Waals surface area contributed by atoms with Crippen LogP contribution in [0.3, 0.4) is 0 Å². The second-order valence-electron chi connectivity index (χ2n) is 5.61. The van der Waals surface area contributed by atoms with Crippen LogP contribution in [-0.4, -0.2) is 21.4 Å². The number of nitrogens with one attached hydrogen (secondary N) is 1. The number of rotatable bonds is 5. The van der Waals surface area contributed by atoms with Crippen molar-refractivity contribution in [3.8, 4) is 5.75 Å². The molecule has 2 aromatic carbocycles. The molecule has 0 bridgehead atoms. The third-order valence-corrected chi connectivity index (χ3v) is 5.39. The number of methoxy groups -OCH3 is 1. The van der Waals surface area contributed by atoms with E-state index in [1.54, 1.807) is 13.2 Å². The predicted molar refractivity (Wildman–Crippen MR) is 85.6 cm³/mol. The van der Waals surface area contributed by atoms with E-state index >= 15 is 0 Å². The summed E-state index contributed by atoms with van der Waals surface area (Å²) in [7, 11) is -2.45. The van der Waals surface area contributed by atoms with Gasteiger partial charge in [0.15, 0.2) is 0 Å². The quantitative estimate of drug-likeness (QED) is 0.900. The molecule has 0 aromatic heterocycles. The van der Waals surface area contributed by atoms with Crippen LogP contribution in [0.1, 0.15) is 17.9 Å². The van der Waals surface area contributed by atoms with Crippen molar-refractivity contribution in [3.05, 3.63) is 59.9 Å². The average Bonchev–Trinajstić information content (AvgIpc) is 3.35. The molecule has 1 saturated carbocycles. The topological polar surface area (TPSA) is 72.5 Å². The van der Waals surface area contributed by atoms with Gasteiger partial charge in [0.05, 0.1) is 12.0 Å². The molecule has 0 radical (unpaired) electrons. The van der Waals surface area contributed by atoms with Gasteiger partial charge in [0, 0.05) is 5.92 Å². The Hall–Kier alpha value is -2.41. The van der Waals surface area contributed by atoms with E-state index in [9.17, 15) is 17.6 Å². The van der Waals surface area contributed by atoms with Crippen LogP contribution in [0.4, 0.5) is 4.39 Å². The maximum Gasteiger partial charge on any atom is 0.264 e. The van der Waals surface area contributed by atoms with Crippen molar-refractivity contribution in [2.45, 2.75) is 17.2 Å². The lowest BCUT2D eigenvalue weighted by molar-refractivity contribution is -0.120. The number of halogens is 1. The van der Waals surface area contributed by atoms with Gasteiger partial charge in [-0.05, 0) is 48.2 Å². The van der Waals surface area contributed by atoms with E-state index in [-0.39, 0.29) is 10.8 Å². The lowest BCUT2D eigenvalue weighted by atomic mass is 10.1. The Bertz CT molecular complexity index is 864. The SMILES string of the molecule is COc1ccccc1[C@H]1C[C@H]1C(=O)NS(=O)(=O)c1ccc(F)cc1. The maximum absolute atomic E-state index is 12.9. The third-order valence-electron chi connectivity index (χ3n) is 4.02. The molecule has 24 heavy (non-hydrogen) atoms. The monoisotopic (exact) mass is 349 g/mol. The van der Waals surface area contributed by atoms with Crippen LogP contribution in [0, 0.1) is 11.7 Å². The molecule has 0 spiro atoms. The molecule has 1 N–H and O–H groups in total. The molecule has 1 aliphatic carbocycles. The summed E-state index contributed by atoms with van der Waals surface area (Å²) in [5, 5.41) is 0. The predicted octanol–water partition coefficient (Wildman–Crippen LogP) is 2.44. The van der Waals surface area contributed by atoms with Gasteiger partial charge in [-0.2, -0.15) is 0 Å².